The Labute approximate surface area is 146 Å². The van der Waals surface area contributed by atoms with Crippen LogP contribution in [0.3, 0.4) is 0 Å². The van der Waals surface area contributed by atoms with Crippen molar-refractivity contribution in [1.82, 2.24) is 5.01 Å². The van der Waals surface area contributed by atoms with Gasteiger partial charge in [0.1, 0.15) is 0 Å². The first-order chi connectivity index (χ1) is 11.5. The van der Waals surface area contributed by atoms with Crippen molar-refractivity contribution >= 4 is 5.90 Å². The Hall–Kier alpha value is -1.55. The fraction of sp³-hybridized carbons (Fsp3) is 0.650. The maximum atomic E-state index is 10.1. The van der Waals surface area contributed by atoms with Gasteiger partial charge in [0.05, 0.1) is 6.10 Å². The molecule has 0 fully saturated rings. The molecule has 1 heterocycles. The first-order valence-corrected chi connectivity index (χ1v) is 9.11. The number of hydrogen-bond donors (Lipinski definition) is 1. The van der Waals surface area contributed by atoms with Crippen LogP contribution in [0.4, 0.5) is 0 Å². The highest BCUT2D eigenvalue weighted by atomic mass is 16.5. The molecule has 0 aromatic heterocycles. The molecule has 1 N–H and O–H groups in total. The van der Waals surface area contributed by atoms with E-state index in [4.69, 9.17) is 4.74 Å². The van der Waals surface area contributed by atoms with Gasteiger partial charge < -0.3 is 9.84 Å². The first kappa shape index (κ1) is 18.8. The predicted octanol–water partition coefficient (Wildman–Crippen LogP) is 4.39. The third kappa shape index (κ3) is 5.82. The van der Waals surface area contributed by atoms with Gasteiger partial charge in [-0.15, -0.1) is 5.10 Å². The quantitative estimate of drug-likeness (QED) is 0.760. The average Bonchev–Trinajstić information content (AvgIpc) is 2.84. The topological polar surface area (TPSA) is 45.1 Å². The van der Waals surface area contributed by atoms with E-state index in [-0.39, 0.29) is 12.3 Å². The highest BCUT2D eigenvalue weighted by molar-refractivity contribution is 5.79. The number of allylic oxidation sites excluding steroid dienone is 4. The van der Waals surface area contributed by atoms with E-state index in [0.29, 0.717) is 5.92 Å². The average molecular weight is 332 g/mol. The maximum Gasteiger partial charge on any atom is 0.212 e. The molecular formula is C20H32N2O2. The maximum absolute atomic E-state index is 10.1. The summed E-state index contributed by atoms with van der Waals surface area (Å²) in [5, 5.41) is 16.5. The normalized spacial score (nSPS) is 29.2. The van der Waals surface area contributed by atoms with E-state index < -0.39 is 0 Å². The summed E-state index contributed by atoms with van der Waals surface area (Å²) in [5.41, 5.74) is 2.70. The molecule has 1 aliphatic carbocycles. The van der Waals surface area contributed by atoms with Gasteiger partial charge in [-0.25, -0.2) is 0 Å². The number of rotatable bonds is 5. The van der Waals surface area contributed by atoms with Crippen LogP contribution in [-0.4, -0.2) is 35.4 Å². The number of ether oxygens (including phenoxy) is 1. The van der Waals surface area contributed by atoms with Crippen LogP contribution in [-0.2, 0) is 4.74 Å². The van der Waals surface area contributed by atoms with Crippen LogP contribution < -0.4 is 0 Å². The highest BCUT2D eigenvalue weighted by Gasteiger charge is 2.20. The highest BCUT2D eigenvalue weighted by Crippen LogP contribution is 2.22. The minimum atomic E-state index is -0.245. The lowest BCUT2D eigenvalue weighted by atomic mass is 9.94. The zero-order valence-corrected chi connectivity index (χ0v) is 15.5. The van der Waals surface area contributed by atoms with Crippen molar-refractivity contribution in [2.24, 2.45) is 11.0 Å². The largest absolute Gasteiger partial charge is 0.454 e. The summed E-state index contributed by atoms with van der Waals surface area (Å²) in [5.74, 6) is 1.11. The van der Waals surface area contributed by atoms with Crippen LogP contribution in [0.15, 0.2) is 40.6 Å². The van der Waals surface area contributed by atoms with Crippen molar-refractivity contribution in [2.45, 2.75) is 71.6 Å². The molecule has 0 radical (unpaired) electrons. The van der Waals surface area contributed by atoms with Gasteiger partial charge in [0, 0.05) is 13.5 Å². The second-order valence-corrected chi connectivity index (χ2v) is 7.15. The molecule has 2 unspecified atom stereocenters. The molecular weight excluding hydrogens is 300 g/mol. The second-order valence-electron chi connectivity index (χ2n) is 7.15. The summed E-state index contributed by atoms with van der Waals surface area (Å²) in [6, 6.07) is 0. The predicted molar refractivity (Wildman–Crippen MR) is 99.6 cm³/mol. The van der Waals surface area contributed by atoms with Gasteiger partial charge in [0.2, 0.25) is 5.90 Å². The summed E-state index contributed by atoms with van der Waals surface area (Å²) in [7, 11) is 1.94. The third-order valence-electron chi connectivity index (χ3n) is 4.71. The van der Waals surface area contributed by atoms with Crippen LogP contribution in [0.25, 0.3) is 0 Å². The zero-order valence-electron chi connectivity index (χ0n) is 15.5. The summed E-state index contributed by atoms with van der Waals surface area (Å²) < 4.78 is 5.77. The molecule has 2 aliphatic rings. The monoisotopic (exact) mass is 332 g/mol. The van der Waals surface area contributed by atoms with E-state index in [9.17, 15) is 5.11 Å². The number of nitrogens with zero attached hydrogens (tertiary/aromatic N) is 2. The lowest BCUT2D eigenvalue weighted by Crippen LogP contribution is -2.19. The lowest BCUT2D eigenvalue weighted by Gasteiger charge is -2.17. The molecule has 4 nitrogen and oxygen atoms in total. The molecule has 134 valence electrons. The van der Waals surface area contributed by atoms with Gasteiger partial charge in [0.15, 0.2) is 6.23 Å². The Bertz CT molecular complexity index is 532. The summed E-state index contributed by atoms with van der Waals surface area (Å²) in [6.45, 7) is 6.15. The van der Waals surface area contributed by atoms with Gasteiger partial charge in [0.25, 0.3) is 0 Å². The van der Waals surface area contributed by atoms with Crippen molar-refractivity contribution in [1.29, 1.82) is 0 Å². The smallest absolute Gasteiger partial charge is 0.212 e. The fourth-order valence-corrected chi connectivity index (χ4v) is 2.86. The minimum absolute atomic E-state index is 0.0275. The standard InChI is InChI=1S/C20H32N2O2/c1-15(2)19(23)13-17-9-6-5-7-10-18(12-8-11-17)14-20-21-22(4)16(3)24-20/h5,7,11-12,15-16,19,23H,6,8-10,13-14H2,1-4H3/b7-5-,17-11+,18-12+. The van der Waals surface area contributed by atoms with E-state index in [2.05, 4.69) is 43.3 Å². The van der Waals surface area contributed by atoms with Crippen LogP contribution in [0.5, 0.6) is 0 Å². The molecule has 0 aromatic carbocycles. The van der Waals surface area contributed by atoms with Crippen molar-refractivity contribution in [3.8, 4) is 0 Å². The van der Waals surface area contributed by atoms with E-state index in [0.717, 1.165) is 44.4 Å². The molecule has 0 spiro atoms. The number of aliphatic hydroxyl groups is 1. The van der Waals surface area contributed by atoms with Crippen LogP contribution >= 0.6 is 0 Å². The van der Waals surface area contributed by atoms with Crippen molar-refractivity contribution in [2.75, 3.05) is 7.05 Å². The molecule has 2 atom stereocenters. The SMILES string of the molecule is CC(C)C(O)C/C1=C/C/C=C(/CC2=NN(C)C(C)O2)C/C=C\CC1. The van der Waals surface area contributed by atoms with Crippen LogP contribution in [0.1, 0.15) is 59.3 Å². The third-order valence-corrected chi connectivity index (χ3v) is 4.71. The van der Waals surface area contributed by atoms with Crippen molar-refractivity contribution in [3.05, 3.63) is 35.5 Å². The molecule has 24 heavy (non-hydrogen) atoms. The Kier molecular flexibility index (Phi) is 7.10. The minimum Gasteiger partial charge on any atom is -0.454 e. The number of hydrogen-bond acceptors (Lipinski definition) is 4. The van der Waals surface area contributed by atoms with E-state index in [1.165, 1.54) is 11.1 Å². The molecule has 1 aliphatic heterocycles. The molecule has 0 amide bonds. The number of aliphatic hydroxyl groups excluding tert-OH is 1. The Balaban J connectivity index is 2.00. The van der Waals surface area contributed by atoms with Gasteiger partial charge in [-0.05, 0) is 44.9 Å². The molecule has 0 bridgehead atoms. The van der Waals surface area contributed by atoms with E-state index in [1.54, 1.807) is 0 Å². The van der Waals surface area contributed by atoms with Crippen LogP contribution in [0, 0.1) is 5.92 Å². The molecule has 0 aromatic rings. The summed E-state index contributed by atoms with van der Waals surface area (Å²) in [6.07, 6.45) is 14.4. The molecule has 0 saturated carbocycles. The van der Waals surface area contributed by atoms with Gasteiger partial charge in [-0.2, -0.15) is 0 Å². The van der Waals surface area contributed by atoms with E-state index in [1.807, 2.05) is 19.0 Å². The zero-order chi connectivity index (χ0) is 17.5. The van der Waals surface area contributed by atoms with Crippen molar-refractivity contribution < 1.29 is 9.84 Å². The molecule has 2 rings (SSSR count). The fourth-order valence-electron chi connectivity index (χ4n) is 2.86. The summed E-state index contributed by atoms with van der Waals surface area (Å²) >= 11 is 0. The Morgan fingerprint density at radius 3 is 2.71 bits per heavy atom. The summed E-state index contributed by atoms with van der Waals surface area (Å²) in [4.78, 5) is 0. The van der Waals surface area contributed by atoms with Crippen LogP contribution in [0.2, 0.25) is 0 Å². The molecule has 4 heteroatoms. The second kappa shape index (κ2) is 9.07. The van der Waals surface area contributed by atoms with Gasteiger partial charge >= 0.3 is 0 Å². The Morgan fingerprint density at radius 2 is 2.04 bits per heavy atom. The van der Waals surface area contributed by atoms with Crippen molar-refractivity contribution in [3.63, 3.8) is 0 Å². The lowest BCUT2D eigenvalue weighted by molar-refractivity contribution is 0.0943. The van der Waals surface area contributed by atoms with Gasteiger partial charge in [-0.1, -0.05) is 49.3 Å². The first-order valence-electron chi connectivity index (χ1n) is 9.11. The van der Waals surface area contributed by atoms with E-state index >= 15 is 0 Å². The number of hydrazone groups is 1. The Morgan fingerprint density at radius 1 is 1.29 bits per heavy atom. The molecule has 0 saturated heterocycles. The van der Waals surface area contributed by atoms with Gasteiger partial charge in [-0.3, -0.25) is 5.01 Å².